The van der Waals surface area contributed by atoms with E-state index in [1.807, 2.05) is 23.1 Å². The molecule has 1 aromatic carbocycles. The molecule has 1 aromatic heterocycles. The topological polar surface area (TPSA) is 32.3 Å². The van der Waals surface area contributed by atoms with Gasteiger partial charge in [-0.3, -0.25) is 4.90 Å². The number of anilines is 1. The van der Waals surface area contributed by atoms with E-state index in [2.05, 4.69) is 27.0 Å². The molecule has 4 nitrogen and oxygen atoms in total. The maximum absolute atomic E-state index is 13.0. The Kier molecular flexibility index (Phi) is 4.56. The van der Waals surface area contributed by atoms with Crippen molar-refractivity contribution in [3.8, 4) is 0 Å². The lowest BCUT2D eigenvalue weighted by Gasteiger charge is -2.29. The van der Waals surface area contributed by atoms with Crippen molar-refractivity contribution in [1.82, 2.24) is 14.9 Å². The lowest BCUT2D eigenvalue weighted by molar-refractivity contribution is -0.141. The number of likely N-dealkylation sites (tertiary alicyclic amines) is 1. The van der Waals surface area contributed by atoms with Crippen LogP contribution < -0.4 is 4.90 Å². The fraction of sp³-hybridized carbons (Fsp3) is 0.474. The number of hydrogen-bond acceptors (Lipinski definition) is 4. The van der Waals surface area contributed by atoms with Gasteiger partial charge in [0.1, 0.15) is 5.69 Å². The van der Waals surface area contributed by atoms with Gasteiger partial charge in [-0.25, -0.2) is 9.97 Å². The van der Waals surface area contributed by atoms with Gasteiger partial charge in [-0.1, -0.05) is 30.3 Å². The molecule has 0 N–H and O–H groups in total. The summed E-state index contributed by atoms with van der Waals surface area (Å²) in [5, 5.41) is 0. The maximum atomic E-state index is 13.0. The minimum absolute atomic E-state index is 0.162. The van der Waals surface area contributed by atoms with E-state index in [9.17, 15) is 13.2 Å². The number of alkyl halides is 3. The highest BCUT2D eigenvalue weighted by Gasteiger charge is 2.40. The van der Waals surface area contributed by atoms with Gasteiger partial charge < -0.3 is 4.90 Å². The number of halogens is 3. The number of benzene rings is 1. The Morgan fingerprint density at radius 1 is 1.04 bits per heavy atom. The van der Waals surface area contributed by atoms with E-state index in [0.29, 0.717) is 0 Å². The smallest absolute Gasteiger partial charge is 0.334 e. The number of nitrogens with zero attached hydrogens (tertiary/aromatic N) is 4. The normalized spacial score (nSPS) is 21.1. The zero-order chi connectivity index (χ0) is 18.1. The fourth-order valence-electron chi connectivity index (χ4n) is 3.63. The summed E-state index contributed by atoms with van der Waals surface area (Å²) in [6, 6.07) is 11.6. The summed E-state index contributed by atoms with van der Waals surface area (Å²) in [5.74, 6) is 0.217. The summed E-state index contributed by atoms with van der Waals surface area (Å²) in [4.78, 5) is 12.4. The van der Waals surface area contributed by atoms with Gasteiger partial charge in [0, 0.05) is 37.9 Å². The average Bonchev–Trinajstić information content (AvgIpc) is 3.35. The van der Waals surface area contributed by atoms with E-state index >= 15 is 0 Å². The van der Waals surface area contributed by atoms with Crippen LogP contribution in [-0.2, 0) is 12.7 Å². The van der Waals surface area contributed by atoms with Gasteiger partial charge in [-0.2, -0.15) is 13.2 Å². The van der Waals surface area contributed by atoms with Crippen LogP contribution in [-0.4, -0.2) is 40.0 Å². The predicted octanol–water partition coefficient (Wildman–Crippen LogP) is 3.74. The highest BCUT2D eigenvalue weighted by Crippen LogP contribution is 2.36. The third-order valence-corrected chi connectivity index (χ3v) is 4.99. The maximum Gasteiger partial charge on any atom is 0.433 e. The molecular weight excluding hydrogens is 341 g/mol. The molecule has 7 heteroatoms. The molecule has 0 bridgehead atoms. The first-order valence-electron chi connectivity index (χ1n) is 8.95. The van der Waals surface area contributed by atoms with Crippen LogP contribution in [0.25, 0.3) is 0 Å². The number of hydrogen-bond donors (Lipinski definition) is 0. The van der Waals surface area contributed by atoms with Crippen molar-refractivity contribution < 1.29 is 13.2 Å². The summed E-state index contributed by atoms with van der Waals surface area (Å²) in [6.07, 6.45) is -0.314. The Labute approximate surface area is 150 Å². The van der Waals surface area contributed by atoms with Gasteiger partial charge in [0.15, 0.2) is 0 Å². The second-order valence-electron chi connectivity index (χ2n) is 7.04. The molecule has 2 aromatic rings. The molecule has 2 heterocycles. The minimum atomic E-state index is -4.44. The van der Waals surface area contributed by atoms with Crippen LogP contribution in [0.5, 0.6) is 0 Å². The largest absolute Gasteiger partial charge is 0.433 e. The fourth-order valence-corrected chi connectivity index (χ4v) is 3.63. The van der Waals surface area contributed by atoms with Gasteiger partial charge in [0.25, 0.3) is 0 Å². The van der Waals surface area contributed by atoms with Crippen LogP contribution in [0.3, 0.4) is 0 Å². The zero-order valence-electron chi connectivity index (χ0n) is 14.4. The molecule has 1 atom stereocenters. The monoisotopic (exact) mass is 362 g/mol. The van der Waals surface area contributed by atoms with E-state index < -0.39 is 11.9 Å². The SMILES string of the molecule is FC(F)(F)c1ccnc(N(C2CC2)C2CCN(Cc3ccccc3)C2)n1. The third-order valence-electron chi connectivity index (χ3n) is 4.99. The minimum Gasteiger partial charge on any atom is -0.334 e. The van der Waals surface area contributed by atoms with Crippen molar-refractivity contribution in [2.45, 2.75) is 44.1 Å². The number of rotatable bonds is 5. The Morgan fingerprint density at radius 3 is 2.50 bits per heavy atom. The van der Waals surface area contributed by atoms with E-state index in [0.717, 1.165) is 45.0 Å². The molecule has 2 fully saturated rings. The predicted molar refractivity (Wildman–Crippen MR) is 92.7 cm³/mol. The van der Waals surface area contributed by atoms with Crippen molar-refractivity contribution >= 4 is 5.95 Å². The standard InChI is InChI=1S/C19H21F3N4/c20-19(21,22)17-8-10-23-18(24-17)26(15-6-7-15)16-9-11-25(13-16)12-14-4-2-1-3-5-14/h1-5,8,10,15-16H,6-7,9,11-13H2. The van der Waals surface area contributed by atoms with Gasteiger partial charge in [0.05, 0.1) is 0 Å². The lowest BCUT2D eigenvalue weighted by atomic mass is 10.2. The van der Waals surface area contributed by atoms with E-state index in [1.54, 1.807) is 0 Å². The zero-order valence-corrected chi connectivity index (χ0v) is 14.4. The molecule has 1 saturated carbocycles. The van der Waals surface area contributed by atoms with Crippen molar-refractivity contribution in [1.29, 1.82) is 0 Å². The molecule has 1 aliphatic heterocycles. The second-order valence-corrected chi connectivity index (χ2v) is 7.04. The molecule has 138 valence electrons. The first-order valence-corrected chi connectivity index (χ1v) is 8.95. The Morgan fingerprint density at radius 2 is 1.81 bits per heavy atom. The highest BCUT2D eigenvalue weighted by molar-refractivity contribution is 5.37. The lowest BCUT2D eigenvalue weighted by Crippen LogP contribution is -2.40. The van der Waals surface area contributed by atoms with Crippen molar-refractivity contribution in [2.75, 3.05) is 18.0 Å². The summed E-state index contributed by atoms with van der Waals surface area (Å²) in [7, 11) is 0. The Balaban J connectivity index is 1.50. The molecule has 0 radical (unpaired) electrons. The molecule has 1 aliphatic carbocycles. The number of aromatic nitrogens is 2. The summed E-state index contributed by atoms with van der Waals surface area (Å²) in [6.45, 7) is 2.62. The molecule has 0 amide bonds. The molecule has 4 rings (SSSR count). The Hall–Kier alpha value is -2.15. The van der Waals surface area contributed by atoms with Crippen molar-refractivity contribution in [2.24, 2.45) is 0 Å². The van der Waals surface area contributed by atoms with E-state index in [-0.39, 0.29) is 18.0 Å². The van der Waals surface area contributed by atoms with Crippen LogP contribution in [0.2, 0.25) is 0 Å². The summed E-state index contributed by atoms with van der Waals surface area (Å²) >= 11 is 0. The first-order chi connectivity index (χ1) is 12.5. The van der Waals surface area contributed by atoms with Crippen LogP contribution in [0.15, 0.2) is 42.6 Å². The van der Waals surface area contributed by atoms with Crippen LogP contribution in [0.1, 0.15) is 30.5 Å². The average molecular weight is 362 g/mol. The van der Waals surface area contributed by atoms with Crippen LogP contribution in [0.4, 0.5) is 19.1 Å². The highest BCUT2D eigenvalue weighted by atomic mass is 19.4. The van der Waals surface area contributed by atoms with Crippen molar-refractivity contribution in [3.05, 3.63) is 53.9 Å². The van der Waals surface area contributed by atoms with Crippen LogP contribution in [0, 0.1) is 0 Å². The van der Waals surface area contributed by atoms with Crippen molar-refractivity contribution in [3.63, 3.8) is 0 Å². The Bertz CT molecular complexity index is 746. The van der Waals surface area contributed by atoms with Gasteiger partial charge in [-0.05, 0) is 30.9 Å². The van der Waals surface area contributed by atoms with Gasteiger partial charge in [0.2, 0.25) is 5.95 Å². The molecule has 1 saturated heterocycles. The van der Waals surface area contributed by atoms with Gasteiger partial charge >= 0.3 is 6.18 Å². The van der Waals surface area contributed by atoms with Gasteiger partial charge in [-0.15, -0.1) is 0 Å². The molecule has 0 spiro atoms. The third kappa shape index (κ3) is 3.82. The summed E-state index contributed by atoms with van der Waals surface area (Å²) in [5.41, 5.74) is 0.383. The van der Waals surface area contributed by atoms with E-state index in [1.165, 1.54) is 11.8 Å². The quantitative estimate of drug-likeness (QED) is 0.811. The first kappa shape index (κ1) is 17.3. The van der Waals surface area contributed by atoms with E-state index in [4.69, 9.17) is 0 Å². The molecule has 1 unspecified atom stereocenters. The molecular formula is C19H21F3N4. The molecule has 2 aliphatic rings. The summed E-state index contributed by atoms with van der Waals surface area (Å²) < 4.78 is 39.0. The second kappa shape index (κ2) is 6.87. The van der Waals surface area contributed by atoms with Crippen LogP contribution >= 0.6 is 0 Å². The molecule has 26 heavy (non-hydrogen) atoms.